The van der Waals surface area contributed by atoms with E-state index < -0.39 is 0 Å². The highest BCUT2D eigenvalue weighted by Gasteiger charge is 2.01. The van der Waals surface area contributed by atoms with Gasteiger partial charge in [0.05, 0.1) is 5.69 Å². The molecule has 0 aliphatic heterocycles. The topological polar surface area (TPSA) is 34.1 Å². The van der Waals surface area contributed by atoms with Crippen molar-refractivity contribution in [3.8, 4) is 5.88 Å². The number of nitrogens with zero attached hydrogens (tertiary/aromatic N) is 1. The first-order valence-electron chi connectivity index (χ1n) is 6.56. The number of aromatic nitrogens is 1. The molecular formula is C15H20N2OS. The Morgan fingerprint density at radius 1 is 1.26 bits per heavy atom. The number of rotatable bonds is 7. The third-order valence-electron chi connectivity index (χ3n) is 2.58. The van der Waals surface area contributed by atoms with Gasteiger partial charge in [0.15, 0.2) is 0 Å². The van der Waals surface area contributed by atoms with Crippen LogP contribution in [0, 0.1) is 5.92 Å². The summed E-state index contributed by atoms with van der Waals surface area (Å²) in [5, 5.41) is 5.44. The lowest BCUT2D eigenvalue weighted by atomic mass is 10.2. The molecule has 3 nitrogen and oxygen atoms in total. The summed E-state index contributed by atoms with van der Waals surface area (Å²) in [6.45, 7) is 6.77. The molecule has 0 radical (unpaired) electrons. The summed E-state index contributed by atoms with van der Waals surface area (Å²) in [5.41, 5.74) is 1.02. The molecule has 1 N–H and O–H groups in total. The molecule has 2 aromatic rings. The van der Waals surface area contributed by atoms with Crippen LogP contribution >= 0.6 is 11.3 Å². The Bertz CT molecular complexity index is 483. The number of thiophene rings is 1. The molecule has 2 aromatic heterocycles. The van der Waals surface area contributed by atoms with Gasteiger partial charge in [-0.3, -0.25) is 0 Å². The minimum absolute atomic E-state index is 0.591. The van der Waals surface area contributed by atoms with E-state index in [1.807, 2.05) is 24.3 Å². The highest BCUT2D eigenvalue weighted by Crippen LogP contribution is 2.13. The van der Waals surface area contributed by atoms with Crippen LogP contribution in [0.1, 0.15) is 24.4 Å². The Morgan fingerprint density at radius 3 is 2.89 bits per heavy atom. The molecular weight excluding hydrogens is 256 g/mol. The molecule has 0 aliphatic carbocycles. The van der Waals surface area contributed by atoms with Gasteiger partial charge in [-0.2, -0.15) is 0 Å². The lowest BCUT2D eigenvalue weighted by Crippen LogP contribution is -2.19. The highest BCUT2D eigenvalue weighted by molar-refractivity contribution is 7.09. The maximum absolute atomic E-state index is 5.69. The molecule has 0 fully saturated rings. The smallest absolute Gasteiger partial charge is 0.213 e. The summed E-state index contributed by atoms with van der Waals surface area (Å²) in [5.74, 6) is 1.34. The zero-order valence-corrected chi connectivity index (χ0v) is 12.2. The number of ether oxygens (including phenoxy) is 1. The second-order valence-electron chi connectivity index (χ2n) is 4.86. The van der Waals surface area contributed by atoms with Crippen LogP contribution in [0.3, 0.4) is 0 Å². The second-order valence-corrected chi connectivity index (χ2v) is 5.89. The number of hydrogen-bond acceptors (Lipinski definition) is 4. The Kier molecular flexibility index (Phi) is 5.36. The van der Waals surface area contributed by atoms with Gasteiger partial charge in [-0.05, 0) is 30.0 Å². The molecule has 0 bridgehead atoms. The fourth-order valence-corrected chi connectivity index (χ4v) is 2.28. The Labute approximate surface area is 118 Å². The molecule has 0 saturated carbocycles. The van der Waals surface area contributed by atoms with Crippen LogP contribution in [0.25, 0.3) is 0 Å². The van der Waals surface area contributed by atoms with Crippen molar-refractivity contribution < 1.29 is 4.74 Å². The van der Waals surface area contributed by atoms with E-state index in [1.165, 1.54) is 4.88 Å². The summed E-state index contributed by atoms with van der Waals surface area (Å²) in [6, 6.07) is 10.0. The van der Waals surface area contributed by atoms with E-state index in [-0.39, 0.29) is 0 Å². The van der Waals surface area contributed by atoms with Crippen LogP contribution in [0.2, 0.25) is 0 Å². The maximum atomic E-state index is 5.69. The molecule has 0 saturated heterocycles. The van der Waals surface area contributed by atoms with Gasteiger partial charge in [-0.15, -0.1) is 11.3 Å². The van der Waals surface area contributed by atoms with Crippen LogP contribution in [0.4, 0.5) is 0 Å². The molecule has 0 spiro atoms. The first kappa shape index (κ1) is 14.0. The standard InChI is InChI=1S/C15H20N2OS/c1-12(2)9-16-10-13-5-3-7-15(17-13)18-11-14-6-4-8-19-14/h3-8,12,16H,9-11H2,1-2H3. The van der Waals surface area contributed by atoms with Crippen molar-refractivity contribution >= 4 is 11.3 Å². The molecule has 2 rings (SSSR count). The summed E-state index contributed by atoms with van der Waals surface area (Å²) in [7, 11) is 0. The molecule has 0 aromatic carbocycles. The predicted octanol–water partition coefficient (Wildman–Crippen LogP) is 3.47. The minimum atomic E-state index is 0.591. The van der Waals surface area contributed by atoms with Crippen molar-refractivity contribution in [1.82, 2.24) is 10.3 Å². The third-order valence-corrected chi connectivity index (χ3v) is 3.43. The van der Waals surface area contributed by atoms with E-state index >= 15 is 0 Å². The van der Waals surface area contributed by atoms with Gasteiger partial charge < -0.3 is 10.1 Å². The van der Waals surface area contributed by atoms with E-state index in [0.29, 0.717) is 18.4 Å². The average Bonchev–Trinajstić information content (AvgIpc) is 2.89. The van der Waals surface area contributed by atoms with Gasteiger partial charge in [0.1, 0.15) is 6.61 Å². The second kappa shape index (κ2) is 7.26. The van der Waals surface area contributed by atoms with Crippen molar-refractivity contribution in [2.45, 2.75) is 27.0 Å². The van der Waals surface area contributed by atoms with Gasteiger partial charge in [0, 0.05) is 17.5 Å². The molecule has 19 heavy (non-hydrogen) atoms. The normalized spacial score (nSPS) is 10.9. The van der Waals surface area contributed by atoms with Gasteiger partial charge in [-0.1, -0.05) is 26.0 Å². The van der Waals surface area contributed by atoms with Crippen LogP contribution in [-0.2, 0) is 13.2 Å². The monoisotopic (exact) mass is 276 g/mol. The van der Waals surface area contributed by atoms with Crippen molar-refractivity contribution in [2.24, 2.45) is 5.92 Å². The SMILES string of the molecule is CC(C)CNCc1cccc(OCc2cccs2)n1. The Morgan fingerprint density at radius 2 is 2.16 bits per heavy atom. The lowest BCUT2D eigenvalue weighted by Gasteiger charge is -2.08. The van der Waals surface area contributed by atoms with E-state index in [4.69, 9.17) is 4.74 Å². The number of nitrogens with one attached hydrogen (secondary N) is 1. The first-order valence-corrected chi connectivity index (χ1v) is 7.44. The van der Waals surface area contributed by atoms with Crippen molar-refractivity contribution in [3.63, 3.8) is 0 Å². The highest BCUT2D eigenvalue weighted by atomic mass is 32.1. The average molecular weight is 276 g/mol. The largest absolute Gasteiger partial charge is 0.472 e. The van der Waals surface area contributed by atoms with Gasteiger partial charge in [0.25, 0.3) is 0 Å². The first-order chi connectivity index (χ1) is 9.24. The van der Waals surface area contributed by atoms with Crippen LogP contribution < -0.4 is 10.1 Å². The number of pyridine rings is 1. The van der Waals surface area contributed by atoms with Crippen LogP contribution in [0.5, 0.6) is 5.88 Å². The fraction of sp³-hybridized carbons (Fsp3) is 0.400. The lowest BCUT2D eigenvalue weighted by molar-refractivity contribution is 0.296. The van der Waals surface area contributed by atoms with Crippen LogP contribution in [0.15, 0.2) is 35.7 Å². The van der Waals surface area contributed by atoms with Crippen molar-refractivity contribution in [2.75, 3.05) is 6.54 Å². The molecule has 0 unspecified atom stereocenters. The van der Waals surface area contributed by atoms with Crippen molar-refractivity contribution in [3.05, 3.63) is 46.3 Å². The molecule has 0 atom stereocenters. The quantitative estimate of drug-likeness (QED) is 0.841. The Balaban J connectivity index is 1.84. The zero-order valence-electron chi connectivity index (χ0n) is 11.4. The van der Waals surface area contributed by atoms with E-state index in [0.717, 1.165) is 18.8 Å². The summed E-state index contributed by atoms with van der Waals surface area (Å²) in [4.78, 5) is 5.70. The van der Waals surface area contributed by atoms with Crippen LogP contribution in [-0.4, -0.2) is 11.5 Å². The molecule has 102 valence electrons. The number of hydrogen-bond donors (Lipinski definition) is 1. The van der Waals surface area contributed by atoms with E-state index in [9.17, 15) is 0 Å². The maximum Gasteiger partial charge on any atom is 0.213 e. The third kappa shape index (κ3) is 5.01. The van der Waals surface area contributed by atoms with Gasteiger partial charge in [0.2, 0.25) is 5.88 Å². The molecule has 0 amide bonds. The van der Waals surface area contributed by atoms with Gasteiger partial charge >= 0.3 is 0 Å². The van der Waals surface area contributed by atoms with E-state index in [1.54, 1.807) is 11.3 Å². The summed E-state index contributed by atoms with van der Waals surface area (Å²) >= 11 is 1.70. The van der Waals surface area contributed by atoms with Crippen molar-refractivity contribution in [1.29, 1.82) is 0 Å². The molecule has 2 heterocycles. The molecule has 0 aliphatic rings. The summed E-state index contributed by atoms with van der Waals surface area (Å²) < 4.78 is 5.69. The van der Waals surface area contributed by atoms with Gasteiger partial charge in [-0.25, -0.2) is 4.98 Å². The Hall–Kier alpha value is -1.39. The van der Waals surface area contributed by atoms with E-state index in [2.05, 4.69) is 35.6 Å². The molecule has 4 heteroatoms. The summed E-state index contributed by atoms with van der Waals surface area (Å²) in [6.07, 6.45) is 0. The predicted molar refractivity (Wildman–Crippen MR) is 79.4 cm³/mol. The fourth-order valence-electron chi connectivity index (χ4n) is 1.67. The zero-order chi connectivity index (χ0) is 13.5. The minimum Gasteiger partial charge on any atom is -0.472 e.